The molecule has 1 aliphatic rings. The maximum Gasteiger partial charge on any atom is 0.285 e. The maximum atomic E-state index is 11.8. The summed E-state index contributed by atoms with van der Waals surface area (Å²) >= 11 is 0. The lowest BCUT2D eigenvalue weighted by Crippen LogP contribution is -2.37. The molecule has 1 aromatic rings. The van der Waals surface area contributed by atoms with Crippen LogP contribution in [0.2, 0.25) is 0 Å². The molecule has 2 rings (SSSR count). The molecule has 1 aliphatic heterocycles. The topological polar surface area (TPSA) is 61.8 Å². The standard InChI is InChI=1S/C13H19N3O2S/c1-3-11(2)14-8-9-16-10-15-19(17,18)13-7-5-4-6-12(13)16/h4-7,10-11,14H,3,8-9H2,1-2H3. The van der Waals surface area contributed by atoms with Gasteiger partial charge in [0.2, 0.25) is 0 Å². The molecule has 1 atom stereocenters. The Morgan fingerprint density at radius 3 is 2.84 bits per heavy atom. The van der Waals surface area contributed by atoms with Gasteiger partial charge < -0.3 is 10.2 Å². The zero-order valence-electron chi connectivity index (χ0n) is 11.2. The van der Waals surface area contributed by atoms with Gasteiger partial charge in [0, 0.05) is 19.1 Å². The molecule has 0 bridgehead atoms. The van der Waals surface area contributed by atoms with E-state index in [1.54, 1.807) is 18.2 Å². The van der Waals surface area contributed by atoms with Crippen molar-refractivity contribution in [2.24, 2.45) is 4.40 Å². The number of rotatable bonds is 5. The summed E-state index contributed by atoms with van der Waals surface area (Å²) in [4.78, 5) is 2.15. The van der Waals surface area contributed by atoms with E-state index in [1.807, 2.05) is 11.0 Å². The van der Waals surface area contributed by atoms with Crippen LogP contribution in [0.4, 0.5) is 5.69 Å². The van der Waals surface area contributed by atoms with Crippen molar-refractivity contribution in [1.29, 1.82) is 0 Å². The maximum absolute atomic E-state index is 11.8. The van der Waals surface area contributed by atoms with E-state index in [0.29, 0.717) is 18.3 Å². The summed E-state index contributed by atoms with van der Waals surface area (Å²) in [6.07, 6.45) is 2.47. The predicted octanol–water partition coefficient (Wildman–Crippen LogP) is 1.61. The van der Waals surface area contributed by atoms with Gasteiger partial charge in [0.05, 0.1) is 5.69 Å². The van der Waals surface area contributed by atoms with Crippen molar-refractivity contribution in [2.45, 2.75) is 31.2 Å². The van der Waals surface area contributed by atoms with Crippen molar-refractivity contribution in [2.75, 3.05) is 18.0 Å². The van der Waals surface area contributed by atoms with E-state index in [2.05, 4.69) is 23.6 Å². The van der Waals surface area contributed by atoms with Crippen LogP contribution in [0.1, 0.15) is 20.3 Å². The van der Waals surface area contributed by atoms with E-state index in [1.165, 1.54) is 6.34 Å². The Morgan fingerprint density at radius 1 is 1.37 bits per heavy atom. The normalized spacial score (nSPS) is 18.1. The summed E-state index contributed by atoms with van der Waals surface area (Å²) in [7, 11) is -3.51. The van der Waals surface area contributed by atoms with Gasteiger partial charge in [-0.25, -0.2) is 0 Å². The van der Waals surface area contributed by atoms with Gasteiger partial charge in [0.1, 0.15) is 11.2 Å². The highest BCUT2D eigenvalue weighted by Crippen LogP contribution is 2.28. The summed E-state index contributed by atoms with van der Waals surface area (Å²) < 4.78 is 27.3. The molecule has 0 spiro atoms. The number of nitrogens with zero attached hydrogens (tertiary/aromatic N) is 2. The van der Waals surface area contributed by atoms with Crippen molar-refractivity contribution in [3.8, 4) is 0 Å². The molecule has 0 radical (unpaired) electrons. The van der Waals surface area contributed by atoms with Gasteiger partial charge in [-0.1, -0.05) is 19.1 Å². The number of benzene rings is 1. The Bertz CT molecular complexity index is 569. The Morgan fingerprint density at radius 2 is 2.11 bits per heavy atom. The monoisotopic (exact) mass is 281 g/mol. The number of sulfonamides is 1. The molecule has 5 nitrogen and oxygen atoms in total. The third-order valence-electron chi connectivity index (χ3n) is 3.24. The fraction of sp³-hybridized carbons (Fsp3) is 0.462. The first-order chi connectivity index (χ1) is 9.04. The van der Waals surface area contributed by atoms with Gasteiger partial charge in [-0.15, -0.1) is 4.40 Å². The molecule has 0 aromatic heterocycles. The number of hydrogen-bond donors (Lipinski definition) is 1. The molecule has 0 saturated carbocycles. The quantitative estimate of drug-likeness (QED) is 0.890. The number of para-hydroxylation sites is 1. The molecule has 1 aromatic carbocycles. The highest BCUT2D eigenvalue weighted by molar-refractivity contribution is 7.90. The fourth-order valence-corrected chi connectivity index (χ4v) is 2.96. The molecule has 104 valence electrons. The SMILES string of the molecule is CCC(C)NCCN1C=NS(=O)(=O)c2ccccc21. The summed E-state index contributed by atoms with van der Waals surface area (Å²) in [5, 5.41) is 3.38. The molecule has 6 heteroatoms. The van der Waals surface area contributed by atoms with E-state index in [4.69, 9.17) is 0 Å². The van der Waals surface area contributed by atoms with Gasteiger partial charge in [0.25, 0.3) is 10.0 Å². The Hall–Kier alpha value is -1.40. The van der Waals surface area contributed by atoms with Gasteiger partial charge in [-0.3, -0.25) is 0 Å². The molecule has 1 heterocycles. The lowest BCUT2D eigenvalue weighted by atomic mass is 10.2. The Labute approximate surface area is 114 Å². The number of nitrogens with one attached hydrogen (secondary N) is 1. The van der Waals surface area contributed by atoms with E-state index in [-0.39, 0.29) is 4.90 Å². The smallest absolute Gasteiger partial charge is 0.285 e. The average molecular weight is 281 g/mol. The molecular formula is C13H19N3O2S. The summed E-state index contributed by atoms with van der Waals surface area (Å²) in [6.45, 7) is 5.74. The minimum Gasteiger partial charge on any atom is -0.329 e. The van der Waals surface area contributed by atoms with Crippen molar-refractivity contribution in [3.63, 3.8) is 0 Å². The highest BCUT2D eigenvalue weighted by Gasteiger charge is 2.24. The third kappa shape index (κ3) is 3.13. The largest absolute Gasteiger partial charge is 0.329 e. The molecule has 0 amide bonds. The van der Waals surface area contributed by atoms with Crippen LogP contribution in [0.25, 0.3) is 0 Å². The van der Waals surface area contributed by atoms with E-state index in [0.717, 1.165) is 13.0 Å². The van der Waals surface area contributed by atoms with Crippen LogP contribution < -0.4 is 10.2 Å². The van der Waals surface area contributed by atoms with Crippen molar-refractivity contribution < 1.29 is 8.42 Å². The van der Waals surface area contributed by atoms with Crippen LogP contribution in [-0.2, 0) is 10.0 Å². The molecular weight excluding hydrogens is 262 g/mol. The van der Waals surface area contributed by atoms with Crippen LogP contribution in [-0.4, -0.2) is 33.9 Å². The summed E-state index contributed by atoms with van der Waals surface area (Å²) in [5.41, 5.74) is 0.698. The molecule has 0 aliphatic carbocycles. The van der Waals surface area contributed by atoms with Crippen LogP contribution in [0, 0.1) is 0 Å². The summed E-state index contributed by atoms with van der Waals surface area (Å²) in [5.74, 6) is 0. The van der Waals surface area contributed by atoms with Gasteiger partial charge in [-0.05, 0) is 25.5 Å². The molecule has 1 N–H and O–H groups in total. The second-order valence-electron chi connectivity index (χ2n) is 4.62. The lowest BCUT2D eigenvalue weighted by Gasteiger charge is -2.25. The van der Waals surface area contributed by atoms with Crippen molar-refractivity contribution >= 4 is 22.0 Å². The van der Waals surface area contributed by atoms with E-state index in [9.17, 15) is 8.42 Å². The van der Waals surface area contributed by atoms with Crippen LogP contribution in [0.5, 0.6) is 0 Å². The minimum absolute atomic E-state index is 0.279. The average Bonchev–Trinajstić information content (AvgIpc) is 2.41. The van der Waals surface area contributed by atoms with Gasteiger partial charge >= 0.3 is 0 Å². The molecule has 0 fully saturated rings. The first kappa shape index (κ1) is 14.0. The van der Waals surface area contributed by atoms with Crippen molar-refractivity contribution in [1.82, 2.24) is 5.32 Å². The van der Waals surface area contributed by atoms with E-state index >= 15 is 0 Å². The fourth-order valence-electron chi connectivity index (χ4n) is 1.90. The zero-order chi connectivity index (χ0) is 13.9. The number of anilines is 1. The van der Waals surface area contributed by atoms with Gasteiger partial charge in [0.15, 0.2) is 0 Å². The lowest BCUT2D eigenvalue weighted by molar-refractivity contribution is 0.541. The van der Waals surface area contributed by atoms with E-state index < -0.39 is 10.0 Å². The second-order valence-corrected chi connectivity index (χ2v) is 6.22. The first-order valence-corrected chi connectivity index (χ1v) is 7.88. The Kier molecular flexibility index (Phi) is 4.21. The first-order valence-electron chi connectivity index (χ1n) is 6.44. The molecule has 1 unspecified atom stereocenters. The van der Waals surface area contributed by atoms with Crippen LogP contribution in [0.15, 0.2) is 33.6 Å². The summed E-state index contributed by atoms with van der Waals surface area (Å²) in [6, 6.07) is 7.41. The van der Waals surface area contributed by atoms with Crippen LogP contribution >= 0.6 is 0 Å². The Balaban J connectivity index is 2.12. The number of fused-ring (bicyclic) bond motifs is 1. The third-order valence-corrected chi connectivity index (χ3v) is 4.51. The zero-order valence-corrected chi connectivity index (χ0v) is 12.0. The van der Waals surface area contributed by atoms with Crippen molar-refractivity contribution in [3.05, 3.63) is 24.3 Å². The second kappa shape index (κ2) is 5.71. The van der Waals surface area contributed by atoms with Gasteiger partial charge in [-0.2, -0.15) is 8.42 Å². The van der Waals surface area contributed by atoms with Crippen LogP contribution in [0.3, 0.4) is 0 Å². The predicted molar refractivity (Wildman–Crippen MR) is 77.2 cm³/mol. The number of hydrogen-bond acceptors (Lipinski definition) is 4. The molecule has 0 saturated heterocycles. The highest BCUT2D eigenvalue weighted by atomic mass is 32.2. The minimum atomic E-state index is -3.51. The molecule has 19 heavy (non-hydrogen) atoms.